The van der Waals surface area contributed by atoms with Gasteiger partial charge in [0.2, 0.25) is 0 Å². The third-order valence-electron chi connectivity index (χ3n) is 2.77. The molecule has 2 aromatic rings. The molecule has 0 aliphatic carbocycles. The molecule has 90 valence electrons. The van der Waals surface area contributed by atoms with Crippen molar-refractivity contribution < 1.29 is 9.47 Å². The lowest BCUT2D eigenvalue weighted by Crippen LogP contribution is -1.97. The molecular formula is C13H16N2O2. The molecule has 0 amide bonds. The lowest BCUT2D eigenvalue weighted by Gasteiger charge is -2.11. The van der Waals surface area contributed by atoms with Gasteiger partial charge in [-0.05, 0) is 24.6 Å². The number of anilines is 1. The van der Waals surface area contributed by atoms with Crippen LogP contribution in [0.1, 0.15) is 5.56 Å². The predicted octanol–water partition coefficient (Wildman–Crippen LogP) is 2.60. The Labute approximate surface area is 101 Å². The first-order valence-electron chi connectivity index (χ1n) is 5.40. The molecule has 0 saturated carbocycles. The second-order valence-electron chi connectivity index (χ2n) is 3.80. The first-order valence-corrected chi connectivity index (χ1v) is 5.40. The second-order valence-corrected chi connectivity index (χ2v) is 3.80. The number of pyridine rings is 1. The van der Waals surface area contributed by atoms with Crippen molar-refractivity contribution in [1.82, 2.24) is 4.98 Å². The summed E-state index contributed by atoms with van der Waals surface area (Å²) in [6, 6.07) is 5.81. The average Bonchev–Trinajstić information content (AvgIpc) is 2.37. The maximum Gasteiger partial charge on any atom is 0.148 e. The molecule has 0 aliphatic rings. The van der Waals surface area contributed by atoms with Crippen molar-refractivity contribution in [3.8, 4) is 11.5 Å². The Morgan fingerprint density at radius 3 is 2.47 bits per heavy atom. The standard InChI is InChI=1S/C13H16N2O2/c1-8-5-12(14-2)15-13-10(8)6-9(16-3)7-11(13)17-4/h5-7H,1-4H3,(H,14,15). The number of ether oxygens (including phenoxy) is 2. The largest absolute Gasteiger partial charge is 0.497 e. The molecule has 4 heteroatoms. The second kappa shape index (κ2) is 4.49. The first-order chi connectivity index (χ1) is 8.19. The molecule has 0 fully saturated rings. The van der Waals surface area contributed by atoms with Gasteiger partial charge in [-0.25, -0.2) is 4.98 Å². The van der Waals surface area contributed by atoms with Crippen LogP contribution < -0.4 is 14.8 Å². The van der Waals surface area contributed by atoms with Crippen molar-refractivity contribution in [2.45, 2.75) is 6.92 Å². The van der Waals surface area contributed by atoms with Gasteiger partial charge in [0, 0.05) is 18.5 Å². The SMILES string of the molecule is CNc1cc(C)c2cc(OC)cc(OC)c2n1. The van der Waals surface area contributed by atoms with Crippen molar-refractivity contribution in [2.24, 2.45) is 0 Å². The molecule has 1 heterocycles. The van der Waals surface area contributed by atoms with Crippen molar-refractivity contribution in [1.29, 1.82) is 0 Å². The molecular weight excluding hydrogens is 216 g/mol. The molecule has 1 aromatic heterocycles. The van der Waals surface area contributed by atoms with Crippen LogP contribution >= 0.6 is 0 Å². The molecule has 17 heavy (non-hydrogen) atoms. The number of hydrogen-bond acceptors (Lipinski definition) is 4. The smallest absolute Gasteiger partial charge is 0.148 e. The summed E-state index contributed by atoms with van der Waals surface area (Å²) >= 11 is 0. The third kappa shape index (κ3) is 1.98. The normalized spacial score (nSPS) is 10.4. The van der Waals surface area contributed by atoms with E-state index < -0.39 is 0 Å². The van der Waals surface area contributed by atoms with Crippen LogP contribution in [0.4, 0.5) is 5.82 Å². The number of aryl methyl sites for hydroxylation is 1. The molecule has 0 saturated heterocycles. The van der Waals surface area contributed by atoms with E-state index in [1.807, 2.05) is 32.2 Å². The molecule has 0 aliphatic heterocycles. The van der Waals surface area contributed by atoms with Gasteiger partial charge in [0.25, 0.3) is 0 Å². The highest BCUT2D eigenvalue weighted by Crippen LogP contribution is 2.32. The minimum absolute atomic E-state index is 0.722. The van der Waals surface area contributed by atoms with Crippen molar-refractivity contribution in [3.63, 3.8) is 0 Å². The first kappa shape index (κ1) is 11.5. The molecule has 0 spiro atoms. The van der Waals surface area contributed by atoms with Crippen LogP contribution in [-0.2, 0) is 0 Å². The molecule has 0 radical (unpaired) electrons. The summed E-state index contributed by atoms with van der Waals surface area (Å²) in [5.41, 5.74) is 1.98. The van der Waals surface area contributed by atoms with Gasteiger partial charge in [0.15, 0.2) is 0 Å². The number of nitrogens with one attached hydrogen (secondary N) is 1. The Morgan fingerprint density at radius 2 is 1.88 bits per heavy atom. The fourth-order valence-electron chi connectivity index (χ4n) is 1.84. The summed E-state index contributed by atoms with van der Waals surface area (Å²) in [6.45, 7) is 2.05. The molecule has 1 N–H and O–H groups in total. The maximum absolute atomic E-state index is 5.35. The highest BCUT2D eigenvalue weighted by molar-refractivity contribution is 5.90. The lowest BCUT2D eigenvalue weighted by molar-refractivity contribution is 0.397. The zero-order valence-corrected chi connectivity index (χ0v) is 10.5. The zero-order chi connectivity index (χ0) is 12.4. The van der Waals surface area contributed by atoms with Crippen molar-refractivity contribution >= 4 is 16.7 Å². The van der Waals surface area contributed by atoms with E-state index in [9.17, 15) is 0 Å². The van der Waals surface area contributed by atoms with Crippen LogP contribution in [0.15, 0.2) is 18.2 Å². The van der Waals surface area contributed by atoms with Crippen LogP contribution in [-0.4, -0.2) is 26.3 Å². The van der Waals surface area contributed by atoms with Gasteiger partial charge in [-0.3, -0.25) is 0 Å². The van der Waals surface area contributed by atoms with Crippen LogP contribution in [0.3, 0.4) is 0 Å². The van der Waals surface area contributed by atoms with Gasteiger partial charge in [-0.2, -0.15) is 0 Å². The fourth-order valence-corrected chi connectivity index (χ4v) is 1.84. The minimum Gasteiger partial charge on any atom is -0.497 e. The Hall–Kier alpha value is -1.97. The predicted molar refractivity (Wildman–Crippen MR) is 69.1 cm³/mol. The fraction of sp³-hybridized carbons (Fsp3) is 0.308. The van der Waals surface area contributed by atoms with E-state index in [0.29, 0.717) is 0 Å². The van der Waals surface area contributed by atoms with E-state index in [1.54, 1.807) is 14.2 Å². The van der Waals surface area contributed by atoms with E-state index >= 15 is 0 Å². The summed E-state index contributed by atoms with van der Waals surface area (Å²) in [5.74, 6) is 2.33. The van der Waals surface area contributed by atoms with Gasteiger partial charge >= 0.3 is 0 Å². The Kier molecular flexibility index (Phi) is 3.04. The topological polar surface area (TPSA) is 43.4 Å². The average molecular weight is 232 g/mol. The van der Waals surface area contributed by atoms with Crippen LogP contribution in [0.25, 0.3) is 10.9 Å². The molecule has 0 bridgehead atoms. The minimum atomic E-state index is 0.722. The van der Waals surface area contributed by atoms with Crippen molar-refractivity contribution in [3.05, 3.63) is 23.8 Å². The number of benzene rings is 1. The summed E-state index contributed by atoms with van der Waals surface area (Å²) in [6.07, 6.45) is 0. The van der Waals surface area contributed by atoms with E-state index in [4.69, 9.17) is 9.47 Å². The summed E-state index contributed by atoms with van der Waals surface area (Å²) in [5, 5.41) is 4.08. The highest BCUT2D eigenvalue weighted by Gasteiger charge is 2.10. The van der Waals surface area contributed by atoms with Crippen molar-refractivity contribution in [2.75, 3.05) is 26.6 Å². The summed E-state index contributed by atoms with van der Waals surface area (Å²) in [4.78, 5) is 4.51. The molecule has 0 atom stereocenters. The van der Waals surface area contributed by atoms with Gasteiger partial charge in [0.1, 0.15) is 22.8 Å². The summed E-state index contributed by atoms with van der Waals surface area (Å²) < 4.78 is 10.6. The number of aromatic nitrogens is 1. The van der Waals surface area contributed by atoms with Gasteiger partial charge in [-0.1, -0.05) is 0 Å². The van der Waals surface area contributed by atoms with Gasteiger partial charge in [-0.15, -0.1) is 0 Å². The Balaban J connectivity index is 2.79. The Bertz CT molecular complexity index is 553. The molecule has 4 nitrogen and oxygen atoms in total. The Morgan fingerprint density at radius 1 is 1.12 bits per heavy atom. The third-order valence-corrected chi connectivity index (χ3v) is 2.77. The number of rotatable bonds is 3. The van der Waals surface area contributed by atoms with Crippen LogP contribution in [0, 0.1) is 6.92 Å². The van der Waals surface area contributed by atoms with E-state index in [2.05, 4.69) is 10.3 Å². The molecule has 2 rings (SSSR count). The monoisotopic (exact) mass is 232 g/mol. The molecule has 1 aromatic carbocycles. The number of nitrogens with zero attached hydrogens (tertiary/aromatic N) is 1. The lowest BCUT2D eigenvalue weighted by atomic mass is 10.1. The number of methoxy groups -OCH3 is 2. The van der Waals surface area contributed by atoms with Gasteiger partial charge < -0.3 is 14.8 Å². The van der Waals surface area contributed by atoms with E-state index in [0.717, 1.165) is 33.8 Å². The van der Waals surface area contributed by atoms with Gasteiger partial charge in [0.05, 0.1) is 14.2 Å². The van der Waals surface area contributed by atoms with Crippen LogP contribution in [0.2, 0.25) is 0 Å². The maximum atomic E-state index is 5.35. The van der Waals surface area contributed by atoms with E-state index in [-0.39, 0.29) is 0 Å². The highest BCUT2D eigenvalue weighted by atomic mass is 16.5. The van der Waals surface area contributed by atoms with E-state index in [1.165, 1.54) is 0 Å². The number of fused-ring (bicyclic) bond motifs is 1. The quantitative estimate of drug-likeness (QED) is 0.883. The number of hydrogen-bond donors (Lipinski definition) is 1. The zero-order valence-electron chi connectivity index (χ0n) is 10.5. The van der Waals surface area contributed by atoms with Crippen LogP contribution in [0.5, 0.6) is 11.5 Å². The molecule has 0 unspecified atom stereocenters. The summed E-state index contributed by atoms with van der Waals surface area (Å²) in [7, 11) is 5.13.